The first-order valence-electron chi connectivity index (χ1n) is 10.0. The fourth-order valence-electron chi connectivity index (χ4n) is 2.86. The number of hydrogen-bond donors (Lipinski definition) is 2. The normalized spacial score (nSPS) is 11.6. The summed E-state index contributed by atoms with van der Waals surface area (Å²) in [6.07, 6.45) is 0. The number of nitrogens with zero attached hydrogens (tertiary/aromatic N) is 1. The summed E-state index contributed by atoms with van der Waals surface area (Å²) < 4.78 is 9.92. The fourth-order valence-corrected chi connectivity index (χ4v) is 3.54. The Morgan fingerprint density at radius 2 is 1.88 bits per heavy atom. The lowest BCUT2D eigenvalue weighted by Gasteiger charge is -2.11. The van der Waals surface area contributed by atoms with Crippen LogP contribution in [0.3, 0.4) is 0 Å². The molecule has 0 aliphatic rings. The molecule has 2 aromatic carbocycles. The summed E-state index contributed by atoms with van der Waals surface area (Å²) >= 11 is 1.13. The van der Waals surface area contributed by atoms with Gasteiger partial charge in [-0.05, 0) is 44.2 Å². The predicted molar refractivity (Wildman–Crippen MR) is 125 cm³/mol. The third-order valence-electron chi connectivity index (χ3n) is 4.66. The summed E-state index contributed by atoms with van der Waals surface area (Å²) in [5.41, 5.74) is 1.88. The van der Waals surface area contributed by atoms with Gasteiger partial charge < -0.3 is 19.8 Å². The summed E-state index contributed by atoms with van der Waals surface area (Å²) in [5.74, 6) is -1.12. The number of carbonyl (C=O) groups is 3. The van der Waals surface area contributed by atoms with Crippen LogP contribution in [-0.4, -0.2) is 45.9 Å². The molecule has 0 saturated heterocycles. The Kier molecular flexibility index (Phi) is 7.83. The molecule has 1 heterocycles. The maximum atomic E-state index is 12.3. The molecular weight excluding hydrogens is 446 g/mol. The van der Waals surface area contributed by atoms with E-state index in [1.165, 1.54) is 25.3 Å². The molecular formula is C23H23N3O6S. The third kappa shape index (κ3) is 6.42. The number of carbonyl (C=O) groups excluding carboxylic acids is 3. The van der Waals surface area contributed by atoms with Gasteiger partial charge in [-0.3, -0.25) is 14.4 Å². The number of anilines is 1. The first kappa shape index (κ1) is 24.0. The molecule has 0 fully saturated rings. The second-order valence-electron chi connectivity index (χ2n) is 7.21. The standard InChI is InChI=1S/C23H23N3O6S/c1-13-4-7-16(8-5-13)24-20(27)12-33-14(2)22(29)32-11-19-25-18-10-15(23(30)31-3)6-9-17(18)21(28)26-19/h4-10,14H,11-12H2,1-3H3,(H,24,27)(H,25,26,28)/t14-/m1/s1. The Morgan fingerprint density at radius 3 is 2.58 bits per heavy atom. The van der Waals surface area contributed by atoms with Gasteiger partial charge in [0.05, 0.1) is 29.3 Å². The van der Waals surface area contributed by atoms with E-state index in [0.717, 1.165) is 17.3 Å². The molecule has 1 atom stereocenters. The Balaban J connectivity index is 1.55. The molecule has 33 heavy (non-hydrogen) atoms. The van der Waals surface area contributed by atoms with Crippen molar-refractivity contribution in [2.45, 2.75) is 25.7 Å². The molecule has 3 rings (SSSR count). The minimum atomic E-state index is -0.605. The van der Waals surface area contributed by atoms with Crippen molar-refractivity contribution >= 4 is 46.2 Å². The van der Waals surface area contributed by atoms with Crippen molar-refractivity contribution in [2.75, 3.05) is 18.2 Å². The maximum Gasteiger partial charge on any atom is 0.337 e. The van der Waals surface area contributed by atoms with Crippen LogP contribution in [0.2, 0.25) is 0 Å². The van der Waals surface area contributed by atoms with Crippen LogP contribution in [0.1, 0.15) is 28.7 Å². The summed E-state index contributed by atoms with van der Waals surface area (Å²) in [5, 5.41) is 2.45. The van der Waals surface area contributed by atoms with Gasteiger partial charge in [0.25, 0.3) is 5.56 Å². The zero-order valence-corrected chi connectivity index (χ0v) is 19.2. The minimum Gasteiger partial charge on any atom is -0.465 e. The van der Waals surface area contributed by atoms with E-state index in [1.54, 1.807) is 19.1 Å². The second kappa shape index (κ2) is 10.8. The second-order valence-corrected chi connectivity index (χ2v) is 8.54. The quantitative estimate of drug-likeness (QED) is 0.482. The highest BCUT2D eigenvalue weighted by molar-refractivity contribution is 8.01. The van der Waals surface area contributed by atoms with Crippen molar-refractivity contribution in [1.29, 1.82) is 0 Å². The molecule has 0 unspecified atom stereocenters. The summed E-state index contributed by atoms with van der Waals surface area (Å²) in [6.45, 7) is 3.33. The topological polar surface area (TPSA) is 127 Å². The molecule has 1 aromatic heterocycles. The molecule has 0 spiro atoms. The Hall–Kier alpha value is -3.66. The van der Waals surface area contributed by atoms with Gasteiger partial charge in [-0.1, -0.05) is 17.7 Å². The Bertz CT molecular complexity index is 1240. The van der Waals surface area contributed by atoms with Crippen LogP contribution in [0, 0.1) is 6.92 Å². The van der Waals surface area contributed by atoms with E-state index >= 15 is 0 Å². The van der Waals surface area contributed by atoms with Crippen molar-refractivity contribution in [3.63, 3.8) is 0 Å². The number of H-pyrrole nitrogens is 1. The number of methoxy groups -OCH3 is 1. The molecule has 1 amide bonds. The van der Waals surface area contributed by atoms with Gasteiger partial charge in [-0.2, -0.15) is 0 Å². The molecule has 0 bridgehead atoms. The highest BCUT2D eigenvalue weighted by Crippen LogP contribution is 2.16. The van der Waals surface area contributed by atoms with Crippen LogP contribution < -0.4 is 10.9 Å². The zero-order chi connectivity index (χ0) is 24.0. The number of aryl methyl sites for hydroxylation is 1. The molecule has 9 nitrogen and oxygen atoms in total. The highest BCUT2D eigenvalue weighted by Gasteiger charge is 2.18. The molecule has 10 heteroatoms. The Morgan fingerprint density at radius 1 is 1.15 bits per heavy atom. The van der Waals surface area contributed by atoms with E-state index in [4.69, 9.17) is 4.74 Å². The molecule has 172 valence electrons. The average molecular weight is 470 g/mol. The number of aromatic amines is 1. The van der Waals surface area contributed by atoms with E-state index in [0.29, 0.717) is 11.1 Å². The van der Waals surface area contributed by atoms with Crippen molar-refractivity contribution in [2.24, 2.45) is 0 Å². The van der Waals surface area contributed by atoms with Crippen LogP contribution >= 0.6 is 11.8 Å². The summed E-state index contributed by atoms with van der Waals surface area (Å²) in [6, 6.07) is 11.8. The number of esters is 2. The van der Waals surface area contributed by atoms with Gasteiger partial charge in [0.1, 0.15) is 17.7 Å². The molecule has 3 aromatic rings. The molecule has 0 aliphatic heterocycles. The predicted octanol–water partition coefficient (Wildman–Crippen LogP) is 2.82. The van der Waals surface area contributed by atoms with E-state index in [1.807, 2.05) is 19.1 Å². The fraction of sp³-hybridized carbons (Fsp3) is 0.261. The van der Waals surface area contributed by atoms with E-state index in [2.05, 4.69) is 20.0 Å². The van der Waals surface area contributed by atoms with Crippen LogP contribution in [0.4, 0.5) is 5.69 Å². The lowest BCUT2D eigenvalue weighted by atomic mass is 10.1. The number of rotatable bonds is 8. The van der Waals surface area contributed by atoms with Crippen molar-refractivity contribution in [3.8, 4) is 0 Å². The number of amides is 1. The molecule has 0 saturated carbocycles. The number of fused-ring (bicyclic) bond motifs is 1. The van der Waals surface area contributed by atoms with Gasteiger partial charge in [-0.25, -0.2) is 9.78 Å². The maximum absolute atomic E-state index is 12.3. The largest absolute Gasteiger partial charge is 0.465 e. The van der Waals surface area contributed by atoms with Gasteiger partial charge in [0.2, 0.25) is 5.91 Å². The molecule has 0 aliphatic carbocycles. The summed E-state index contributed by atoms with van der Waals surface area (Å²) in [7, 11) is 1.26. The Labute approximate surface area is 193 Å². The summed E-state index contributed by atoms with van der Waals surface area (Å²) in [4.78, 5) is 55.2. The number of nitrogens with one attached hydrogen (secondary N) is 2. The van der Waals surface area contributed by atoms with Crippen molar-refractivity contribution in [3.05, 3.63) is 69.8 Å². The van der Waals surface area contributed by atoms with Crippen LogP contribution in [0.15, 0.2) is 47.3 Å². The molecule has 2 N–H and O–H groups in total. The first-order valence-corrected chi connectivity index (χ1v) is 11.1. The lowest BCUT2D eigenvalue weighted by molar-refractivity contribution is -0.144. The van der Waals surface area contributed by atoms with E-state index in [-0.39, 0.29) is 35.2 Å². The molecule has 0 radical (unpaired) electrons. The number of hydrogen-bond acceptors (Lipinski definition) is 8. The number of ether oxygens (including phenoxy) is 2. The smallest absolute Gasteiger partial charge is 0.337 e. The van der Waals surface area contributed by atoms with Crippen LogP contribution in [0.5, 0.6) is 0 Å². The van der Waals surface area contributed by atoms with E-state index < -0.39 is 22.7 Å². The highest BCUT2D eigenvalue weighted by atomic mass is 32.2. The number of thioether (sulfide) groups is 1. The monoisotopic (exact) mass is 469 g/mol. The first-order chi connectivity index (χ1) is 15.8. The number of benzene rings is 2. The number of aromatic nitrogens is 2. The van der Waals surface area contributed by atoms with Crippen LogP contribution in [0.25, 0.3) is 10.9 Å². The van der Waals surface area contributed by atoms with Crippen molar-refractivity contribution in [1.82, 2.24) is 9.97 Å². The van der Waals surface area contributed by atoms with E-state index in [9.17, 15) is 19.2 Å². The van der Waals surface area contributed by atoms with Crippen LogP contribution in [-0.2, 0) is 25.7 Å². The minimum absolute atomic E-state index is 0.0749. The SMILES string of the molecule is COC(=O)c1ccc2c(=O)[nH]c(COC(=O)[C@@H](C)SCC(=O)Nc3ccc(C)cc3)nc2c1. The van der Waals surface area contributed by atoms with Gasteiger partial charge in [0.15, 0.2) is 0 Å². The van der Waals surface area contributed by atoms with Gasteiger partial charge in [-0.15, -0.1) is 11.8 Å². The third-order valence-corrected chi connectivity index (χ3v) is 5.78. The van der Waals surface area contributed by atoms with Crippen molar-refractivity contribution < 1.29 is 23.9 Å². The van der Waals surface area contributed by atoms with Gasteiger partial charge >= 0.3 is 11.9 Å². The average Bonchev–Trinajstić information content (AvgIpc) is 2.81. The lowest BCUT2D eigenvalue weighted by Crippen LogP contribution is -2.22. The zero-order valence-electron chi connectivity index (χ0n) is 18.3. The van der Waals surface area contributed by atoms with Gasteiger partial charge in [0, 0.05) is 5.69 Å².